The Labute approximate surface area is 158 Å². The molecular weight excluding hydrogens is 342 g/mol. The maximum absolute atomic E-state index is 12.9. The van der Waals surface area contributed by atoms with Gasteiger partial charge in [-0.05, 0) is 36.6 Å². The number of carbonyl (C=O) groups excluding carboxylic acids is 2. The highest BCUT2D eigenvalue weighted by molar-refractivity contribution is 6.46. The van der Waals surface area contributed by atoms with Gasteiger partial charge < -0.3 is 14.7 Å². The number of nitrogens with zero attached hydrogens (tertiary/aromatic N) is 1. The van der Waals surface area contributed by atoms with Crippen molar-refractivity contribution in [3.05, 3.63) is 70.8 Å². The minimum Gasteiger partial charge on any atom is -0.507 e. The van der Waals surface area contributed by atoms with Gasteiger partial charge in [0.2, 0.25) is 0 Å². The molecule has 1 N–H and O–H groups in total. The number of hydrogen-bond donors (Lipinski definition) is 1. The normalized spacial score (nSPS) is 18.8. The number of ether oxygens (including phenoxy) is 1. The van der Waals surface area contributed by atoms with Gasteiger partial charge >= 0.3 is 0 Å². The molecule has 2 aromatic rings. The molecule has 0 bridgehead atoms. The summed E-state index contributed by atoms with van der Waals surface area (Å²) < 4.78 is 5.32. The third-order valence-corrected chi connectivity index (χ3v) is 4.85. The van der Waals surface area contributed by atoms with Gasteiger partial charge in [0.1, 0.15) is 11.5 Å². The van der Waals surface area contributed by atoms with E-state index in [0.29, 0.717) is 24.3 Å². The Hall–Kier alpha value is -3.08. The maximum atomic E-state index is 12.9. The van der Waals surface area contributed by atoms with Crippen LogP contribution in [-0.2, 0) is 9.59 Å². The molecule has 5 heteroatoms. The molecule has 1 amide bonds. The van der Waals surface area contributed by atoms with Crippen molar-refractivity contribution in [2.75, 3.05) is 13.7 Å². The lowest BCUT2D eigenvalue weighted by Gasteiger charge is -2.26. The van der Waals surface area contributed by atoms with Crippen LogP contribution in [0.25, 0.3) is 5.76 Å². The van der Waals surface area contributed by atoms with Gasteiger partial charge in [-0.1, -0.05) is 43.3 Å². The molecular formula is C22H23NO4. The van der Waals surface area contributed by atoms with Crippen LogP contribution in [0.1, 0.15) is 36.1 Å². The van der Waals surface area contributed by atoms with Crippen molar-refractivity contribution in [2.45, 2.75) is 26.3 Å². The van der Waals surface area contributed by atoms with Gasteiger partial charge in [-0.2, -0.15) is 0 Å². The van der Waals surface area contributed by atoms with Crippen LogP contribution >= 0.6 is 0 Å². The van der Waals surface area contributed by atoms with Crippen LogP contribution < -0.4 is 4.74 Å². The van der Waals surface area contributed by atoms with E-state index in [9.17, 15) is 14.7 Å². The molecule has 140 valence electrons. The van der Waals surface area contributed by atoms with Crippen molar-refractivity contribution in [2.24, 2.45) is 0 Å². The molecule has 0 radical (unpaired) electrons. The predicted molar refractivity (Wildman–Crippen MR) is 103 cm³/mol. The Bertz CT molecular complexity index is 916. The third-order valence-electron chi connectivity index (χ3n) is 4.85. The average molecular weight is 365 g/mol. The smallest absolute Gasteiger partial charge is 0.295 e. The zero-order chi connectivity index (χ0) is 19.6. The van der Waals surface area contributed by atoms with E-state index < -0.39 is 17.7 Å². The first kappa shape index (κ1) is 18.7. The molecule has 1 heterocycles. The summed E-state index contributed by atoms with van der Waals surface area (Å²) in [6.45, 7) is 4.32. The molecule has 0 aliphatic carbocycles. The van der Waals surface area contributed by atoms with E-state index in [1.807, 2.05) is 38.1 Å². The molecule has 3 rings (SSSR count). The van der Waals surface area contributed by atoms with Gasteiger partial charge in [0, 0.05) is 6.54 Å². The summed E-state index contributed by atoms with van der Waals surface area (Å²) in [7, 11) is 1.50. The van der Waals surface area contributed by atoms with Gasteiger partial charge in [0.25, 0.3) is 11.7 Å². The quantitative estimate of drug-likeness (QED) is 0.497. The van der Waals surface area contributed by atoms with Crippen LogP contribution in [0.5, 0.6) is 5.75 Å². The molecule has 2 aromatic carbocycles. The molecule has 1 fully saturated rings. The van der Waals surface area contributed by atoms with Crippen LogP contribution in [0.4, 0.5) is 0 Å². The number of aryl methyl sites for hydroxylation is 1. The first-order valence-corrected chi connectivity index (χ1v) is 8.98. The lowest BCUT2D eigenvalue weighted by Crippen LogP contribution is -2.30. The van der Waals surface area contributed by atoms with E-state index in [2.05, 4.69) is 0 Å². The maximum Gasteiger partial charge on any atom is 0.295 e. The Morgan fingerprint density at radius 3 is 2.44 bits per heavy atom. The Morgan fingerprint density at radius 2 is 1.78 bits per heavy atom. The van der Waals surface area contributed by atoms with Gasteiger partial charge in [0.15, 0.2) is 0 Å². The number of para-hydroxylation sites is 1. The zero-order valence-electron chi connectivity index (χ0n) is 15.7. The Morgan fingerprint density at radius 1 is 1.11 bits per heavy atom. The fraction of sp³-hybridized carbons (Fsp3) is 0.273. The lowest BCUT2D eigenvalue weighted by molar-refractivity contribution is -0.139. The monoisotopic (exact) mass is 365 g/mol. The molecule has 1 unspecified atom stereocenters. The lowest BCUT2D eigenvalue weighted by atomic mass is 9.92. The van der Waals surface area contributed by atoms with Gasteiger partial charge in [-0.15, -0.1) is 0 Å². The summed E-state index contributed by atoms with van der Waals surface area (Å²) in [5.74, 6) is -1.01. The molecule has 1 aliphatic heterocycles. The number of rotatable bonds is 5. The third kappa shape index (κ3) is 3.21. The van der Waals surface area contributed by atoms with Gasteiger partial charge in [-0.3, -0.25) is 9.59 Å². The predicted octanol–water partition coefficient (Wildman–Crippen LogP) is 3.84. The summed E-state index contributed by atoms with van der Waals surface area (Å²) >= 11 is 0. The number of likely N-dealkylation sites (tertiary alicyclic amines) is 1. The average Bonchev–Trinajstić information content (AvgIpc) is 2.93. The second kappa shape index (κ2) is 7.66. The van der Waals surface area contributed by atoms with Crippen molar-refractivity contribution in [3.8, 4) is 5.75 Å². The number of benzene rings is 2. The summed E-state index contributed by atoms with van der Waals surface area (Å²) in [5.41, 5.74) is 2.29. The fourth-order valence-corrected chi connectivity index (χ4v) is 3.55. The van der Waals surface area contributed by atoms with Gasteiger partial charge in [0.05, 0.1) is 24.3 Å². The number of carbonyl (C=O) groups is 2. The first-order chi connectivity index (χ1) is 13.0. The number of ketones is 1. The van der Waals surface area contributed by atoms with E-state index >= 15 is 0 Å². The van der Waals surface area contributed by atoms with E-state index in [-0.39, 0.29) is 11.3 Å². The molecule has 0 spiro atoms. The summed E-state index contributed by atoms with van der Waals surface area (Å²) in [4.78, 5) is 27.1. The highest BCUT2D eigenvalue weighted by atomic mass is 16.5. The molecule has 5 nitrogen and oxygen atoms in total. The van der Waals surface area contributed by atoms with Crippen molar-refractivity contribution in [1.82, 2.24) is 4.90 Å². The SMILES string of the molecule is CCCN1C(=O)C(=O)/C(=C(/O)c2ccccc2OC)C1c1ccccc1C. The van der Waals surface area contributed by atoms with Crippen molar-refractivity contribution in [1.29, 1.82) is 0 Å². The van der Waals surface area contributed by atoms with E-state index in [1.54, 1.807) is 29.2 Å². The van der Waals surface area contributed by atoms with Crippen molar-refractivity contribution >= 4 is 17.4 Å². The van der Waals surface area contributed by atoms with Crippen LogP contribution in [0.15, 0.2) is 54.1 Å². The Kier molecular flexibility index (Phi) is 5.31. The molecule has 1 saturated heterocycles. The highest BCUT2D eigenvalue weighted by Crippen LogP contribution is 2.41. The van der Waals surface area contributed by atoms with Crippen molar-refractivity contribution < 1.29 is 19.4 Å². The molecule has 1 atom stereocenters. The second-order valence-corrected chi connectivity index (χ2v) is 6.55. The number of hydrogen-bond acceptors (Lipinski definition) is 4. The van der Waals surface area contributed by atoms with Gasteiger partial charge in [-0.25, -0.2) is 0 Å². The molecule has 0 aromatic heterocycles. The van der Waals surface area contributed by atoms with E-state index in [1.165, 1.54) is 7.11 Å². The summed E-state index contributed by atoms with van der Waals surface area (Å²) in [5, 5.41) is 11.0. The minimum atomic E-state index is -0.667. The Balaban J connectivity index is 2.26. The topological polar surface area (TPSA) is 66.8 Å². The van der Waals surface area contributed by atoms with Crippen LogP contribution in [0.3, 0.4) is 0 Å². The fourth-order valence-electron chi connectivity index (χ4n) is 3.55. The molecule has 27 heavy (non-hydrogen) atoms. The van der Waals surface area contributed by atoms with Crippen LogP contribution in [-0.4, -0.2) is 35.4 Å². The largest absolute Gasteiger partial charge is 0.507 e. The van der Waals surface area contributed by atoms with E-state index in [4.69, 9.17) is 4.74 Å². The molecule has 0 saturated carbocycles. The number of amides is 1. The second-order valence-electron chi connectivity index (χ2n) is 6.55. The summed E-state index contributed by atoms with van der Waals surface area (Å²) in [6.07, 6.45) is 0.712. The number of aliphatic hydroxyl groups is 1. The van der Waals surface area contributed by atoms with E-state index in [0.717, 1.165) is 11.1 Å². The number of methoxy groups -OCH3 is 1. The van der Waals surface area contributed by atoms with Crippen molar-refractivity contribution in [3.63, 3.8) is 0 Å². The first-order valence-electron chi connectivity index (χ1n) is 8.98. The summed E-state index contributed by atoms with van der Waals surface area (Å²) in [6, 6.07) is 13.9. The standard InChI is InChI=1S/C22H23NO4/c1-4-13-23-19(15-10-6-5-9-14(15)2)18(21(25)22(23)26)20(24)16-11-7-8-12-17(16)27-3/h5-12,19,24H,4,13H2,1-3H3/b20-18+. The highest BCUT2D eigenvalue weighted by Gasteiger charge is 2.46. The van der Waals surface area contributed by atoms with Crippen LogP contribution in [0.2, 0.25) is 0 Å². The number of aliphatic hydroxyl groups excluding tert-OH is 1. The number of Topliss-reactive ketones (excluding diaryl/α,β-unsaturated/α-hetero) is 1. The minimum absolute atomic E-state index is 0.104. The van der Waals surface area contributed by atoms with Crippen LogP contribution in [0, 0.1) is 6.92 Å². The molecule has 1 aliphatic rings. The zero-order valence-corrected chi connectivity index (χ0v) is 15.7.